The Kier molecular flexibility index (Phi) is 3.09. The molecule has 1 N–H and O–H groups in total. The van der Waals surface area contributed by atoms with Crippen LogP contribution in [0.5, 0.6) is 0 Å². The molecule has 1 aliphatic rings. The van der Waals surface area contributed by atoms with E-state index in [1.165, 1.54) is 0 Å². The van der Waals surface area contributed by atoms with Crippen LogP contribution in [0.1, 0.15) is 18.9 Å². The zero-order valence-electron chi connectivity index (χ0n) is 8.42. The maximum atomic E-state index is 5.76. The minimum Gasteiger partial charge on any atom is -0.351 e. The minimum atomic E-state index is -0.487. The van der Waals surface area contributed by atoms with Crippen molar-refractivity contribution in [1.82, 2.24) is 5.32 Å². The molecule has 1 atom stereocenters. The fourth-order valence-electron chi connectivity index (χ4n) is 1.65. The average molecular weight is 286 g/mol. The summed E-state index contributed by atoms with van der Waals surface area (Å²) in [6.07, 6.45) is 0.804. The Labute approximate surface area is 103 Å². The van der Waals surface area contributed by atoms with Gasteiger partial charge in [0.15, 0.2) is 5.72 Å². The first-order valence-electron chi connectivity index (χ1n) is 4.81. The summed E-state index contributed by atoms with van der Waals surface area (Å²) in [4.78, 5) is 0.865. The molecule has 0 saturated carbocycles. The Morgan fingerprint density at radius 1 is 1.53 bits per heavy atom. The number of hydrogen-bond acceptors (Lipinski definition) is 2. The van der Waals surface area contributed by atoms with Gasteiger partial charge in [-0.05, 0) is 19.1 Å². The summed E-state index contributed by atoms with van der Waals surface area (Å²) in [5.41, 5.74) is 0.595. The number of nitrogens with one attached hydrogen (secondary N) is 1. The molecule has 0 radical (unpaired) electrons. The van der Waals surface area contributed by atoms with E-state index >= 15 is 0 Å². The van der Waals surface area contributed by atoms with Gasteiger partial charge in [0.05, 0.1) is 11.6 Å². The third kappa shape index (κ3) is 2.38. The molecule has 80 valence electrons. The van der Waals surface area contributed by atoms with E-state index in [4.69, 9.17) is 17.0 Å². The fraction of sp³-hybridized carbons (Fsp3) is 0.364. The maximum absolute atomic E-state index is 5.76. The molecule has 1 saturated heterocycles. The van der Waals surface area contributed by atoms with Crippen molar-refractivity contribution in [1.29, 1.82) is 0 Å². The second-order valence-corrected chi connectivity index (χ2v) is 5.10. The molecule has 1 aromatic carbocycles. The van der Waals surface area contributed by atoms with Crippen molar-refractivity contribution in [3.05, 3.63) is 34.3 Å². The first-order chi connectivity index (χ1) is 7.10. The van der Waals surface area contributed by atoms with E-state index in [0.717, 1.165) is 21.4 Å². The van der Waals surface area contributed by atoms with E-state index in [-0.39, 0.29) is 0 Å². The van der Waals surface area contributed by atoms with Gasteiger partial charge >= 0.3 is 0 Å². The van der Waals surface area contributed by atoms with Crippen molar-refractivity contribution in [2.45, 2.75) is 19.1 Å². The van der Waals surface area contributed by atoms with E-state index in [9.17, 15) is 0 Å². The highest BCUT2D eigenvalue weighted by atomic mass is 79.9. The first-order valence-corrected chi connectivity index (χ1v) is 6.01. The van der Waals surface area contributed by atoms with Crippen LogP contribution in [-0.4, -0.2) is 11.6 Å². The van der Waals surface area contributed by atoms with Crippen molar-refractivity contribution in [3.8, 4) is 0 Å². The molecular formula is C11H12BrNOS. The largest absolute Gasteiger partial charge is 0.351 e. The second-order valence-electron chi connectivity index (χ2n) is 3.69. The van der Waals surface area contributed by atoms with E-state index in [0.29, 0.717) is 6.61 Å². The summed E-state index contributed by atoms with van der Waals surface area (Å²) in [6.45, 7) is 2.68. The van der Waals surface area contributed by atoms with E-state index in [1.807, 2.05) is 31.2 Å². The molecule has 1 heterocycles. The summed E-state index contributed by atoms with van der Waals surface area (Å²) in [6, 6.07) is 8.06. The van der Waals surface area contributed by atoms with Crippen molar-refractivity contribution in [2.24, 2.45) is 0 Å². The van der Waals surface area contributed by atoms with Gasteiger partial charge in [-0.25, -0.2) is 0 Å². The third-order valence-electron chi connectivity index (χ3n) is 2.47. The highest BCUT2D eigenvalue weighted by molar-refractivity contribution is 9.10. The SMILES string of the molecule is CC1(c2cccc(Br)c2)NC(=S)CCO1. The van der Waals surface area contributed by atoms with Crippen molar-refractivity contribution >= 4 is 33.1 Å². The monoisotopic (exact) mass is 285 g/mol. The molecule has 0 aromatic heterocycles. The van der Waals surface area contributed by atoms with Crippen LogP contribution in [0.2, 0.25) is 0 Å². The van der Waals surface area contributed by atoms with Gasteiger partial charge in [0.25, 0.3) is 0 Å². The lowest BCUT2D eigenvalue weighted by atomic mass is 10.0. The van der Waals surface area contributed by atoms with Crippen LogP contribution in [0.15, 0.2) is 28.7 Å². The van der Waals surface area contributed by atoms with Crippen LogP contribution in [-0.2, 0) is 10.5 Å². The van der Waals surface area contributed by atoms with Crippen LogP contribution >= 0.6 is 28.1 Å². The van der Waals surface area contributed by atoms with Crippen LogP contribution < -0.4 is 5.32 Å². The lowest BCUT2D eigenvalue weighted by molar-refractivity contribution is -0.0575. The number of benzene rings is 1. The molecule has 1 fully saturated rings. The standard InChI is InChI=1S/C11H12BrNOS/c1-11(13-10(15)5-6-14-11)8-3-2-4-9(12)7-8/h2-4,7H,5-6H2,1H3,(H,13,15). The maximum Gasteiger partial charge on any atom is 0.162 e. The topological polar surface area (TPSA) is 21.3 Å². The molecule has 0 spiro atoms. The number of ether oxygens (including phenoxy) is 1. The molecule has 2 rings (SSSR count). The number of rotatable bonds is 1. The van der Waals surface area contributed by atoms with Crippen molar-refractivity contribution < 1.29 is 4.74 Å². The van der Waals surface area contributed by atoms with Gasteiger partial charge in [0.2, 0.25) is 0 Å². The van der Waals surface area contributed by atoms with Gasteiger partial charge in [-0.15, -0.1) is 0 Å². The van der Waals surface area contributed by atoms with Crippen LogP contribution in [0.3, 0.4) is 0 Å². The lowest BCUT2D eigenvalue weighted by Crippen LogP contribution is -2.49. The second kappa shape index (κ2) is 4.20. The average Bonchev–Trinajstić information content (AvgIpc) is 2.17. The summed E-state index contributed by atoms with van der Waals surface area (Å²) >= 11 is 8.64. The Hall–Kier alpha value is -0.450. The van der Waals surface area contributed by atoms with Crippen LogP contribution in [0, 0.1) is 0 Å². The molecule has 4 heteroatoms. The highest BCUT2D eigenvalue weighted by Gasteiger charge is 2.31. The zero-order valence-corrected chi connectivity index (χ0v) is 10.8. The van der Waals surface area contributed by atoms with Gasteiger partial charge in [0.1, 0.15) is 0 Å². The van der Waals surface area contributed by atoms with Crippen molar-refractivity contribution in [2.75, 3.05) is 6.61 Å². The van der Waals surface area contributed by atoms with Gasteiger partial charge < -0.3 is 10.1 Å². The first kappa shape index (κ1) is 11.0. The quantitative estimate of drug-likeness (QED) is 0.802. The molecular weight excluding hydrogens is 274 g/mol. The highest BCUT2D eigenvalue weighted by Crippen LogP contribution is 2.27. The molecule has 1 aromatic rings. The Bertz CT molecular complexity index is 396. The van der Waals surface area contributed by atoms with E-state index in [1.54, 1.807) is 0 Å². The molecule has 1 aliphatic heterocycles. The van der Waals surface area contributed by atoms with Gasteiger partial charge in [-0.3, -0.25) is 0 Å². The molecule has 0 bridgehead atoms. The molecule has 0 aliphatic carbocycles. The fourth-order valence-corrected chi connectivity index (χ4v) is 2.33. The number of thiocarbonyl (C=S) groups is 1. The zero-order chi connectivity index (χ0) is 10.9. The molecule has 1 unspecified atom stereocenters. The van der Waals surface area contributed by atoms with Crippen molar-refractivity contribution in [3.63, 3.8) is 0 Å². The summed E-state index contributed by atoms with van der Waals surface area (Å²) in [7, 11) is 0. The van der Waals surface area contributed by atoms with Crippen LogP contribution in [0.4, 0.5) is 0 Å². The normalized spacial score (nSPS) is 26.1. The Morgan fingerprint density at radius 3 is 3.00 bits per heavy atom. The van der Waals surface area contributed by atoms with Gasteiger partial charge in [-0.2, -0.15) is 0 Å². The summed E-state index contributed by atoms with van der Waals surface area (Å²) in [5, 5.41) is 3.22. The van der Waals surface area contributed by atoms with Gasteiger partial charge in [-0.1, -0.05) is 40.3 Å². The lowest BCUT2D eigenvalue weighted by Gasteiger charge is -2.36. The van der Waals surface area contributed by atoms with E-state index in [2.05, 4.69) is 21.2 Å². The molecule has 2 nitrogen and oxygen atoms in total. The predicted molar refractivity (Wildman–Crippen MR) is 67.8 cm³/mol. The van der Waals surface area contributed by atoms with Crippen LogP contribution in [0.25, 0.3) is 0 Å². The van der Waals surface area contributed by atoms with E-state index < -0.39 is 5.72 Å². The Balaban J connectivity index is 2.32. The van der Waals surface area contributed by atoms with Gasteiger partial charge in [0, 0.05) is 16.5 Å². The molecule has 15 heavy (non-hydrogen) atoms. The summed E-state index contributed by atoms with van der Waals surface area (Å²) < 4.78 is 6.80. The smallest absolute Gasteiger partial charge is 0.162 e. The number of halogens is 1. The predicted octanol–water partition coefficient (Wildman–Crippen LogP) is 2.96. The minimum absolute atomic E-state index is 0.487. The third-order valence-corrected chi connectivity index (χ3v) is 3.27. The number of hydrogen-bond donors (Lipinski definition) is 1. The summed E-state index contributed by atoms with van der Waals surface area (Å²) in [5.74, 6) is 0. The Morgan fingerprint density at radius 2 is 2.33 bits per heavy atom. The molecule has 0 amide bonds.